The highest BCUT2D eigenvalue weighted by Crippen LogP contribution is 2.14. The summed E-state index contributed by atoms with van der Waals surface area (Å²) >= 11 is 0. The molecule has 1 rings (SSSR count). The maximum Gasteiger partial charge on any atom is 0.264 e. The lowest BCUT2D eigenvalue weighted by Crippen LogP contribution is -2.10. The Labute approximate surface area is 88.5 Å². The van der Waals surface area contributed by atoms with Crippen molar-refractivity contribution < 1.29 is 18.1 Å². The zero-order chi connectivity index (χ0) is 11.3. The molecule has 1 aromatic rings. The van der Waals surface area contributed by atoms with E-state index in [1.807, 2.05) is 0 Å². The van der Waals surface area contributed by atoms with Gasteiger partial charge in [0.25, 0.3) is 10.1 Å². The predicted octanol–water partition coefficient (Wildman–Crippen LogP) is 1.08. The first-order valence-electron chi connectivity index (χ1n) is 4.45. The number of phenolic OH excluding ortho intramolecular Hbond substituents is 1. The zero-order valence-electron chi connectivity index (χ0n) is 8.05. The van der Waals surface area contributed by atoms with E-state index in [0.717, 1.165) is 0 Å². The molecule has 0 unspecified atom stereocenters. The first kappa shape index (κ1) is 11.8. The van der Waals surface area contributed by atoms with Crippen molar-refractivity contribution in [1.82, 2.24) is 0 Å². The van der Waals surface area contributed by atoms with E-state index >= 15 is 0 Å². The van der Waals surface area contributed by atoms with Crippen molar-refractivity contribution in [2.24, 2.45) is 0 Å². The van der Waals surface area contributed by atoms with Crippen LogP contribution in [0.5, 0.6) is 5.75 Å². The molecule has 0 radical (unpaired) electrons. The Hall–Kier alpha value is -1.27. The molecule has 0 aliphatic carbocycles. The lowest BCUT2D eigenvalue weighted by Gasteiger charge is -2.05. The third kappa shape index (κ3) is 5.24. The van der Waals surface area contributed by atoms with Gasteiger partial charge in [0.15, 0.2) is 0 Å². The second-order valence-electron chi connectivity index (χ2n) is 3.12. The lowest BCUT2D eigenvalue weighted by atomic mass is 10.3. The topological polar surface area (TPSA) is 86.6 Å². The van der Waals surface area contributed by atoms with Gasteiger partial charge in [0.05, 0.1) is 5.75 Å². The number of hydrogen-bond donors (Lipinski definition) is 3. The van der Waals surface area contributed by atoms with Gasteiger partial charge in [0, 0.05) is 18.3 Å². The summed E-state index contributed by atoms with van der Waals surface area (Å²) in [6.07, 6.45) is 0.314. The second kappa shape index (κ2) is 4.99. The Bertz CT molecular complexity index is 416. The van der Waals surface area contributed by atoms with Crippen LogP contribution in [0.15, 0.2) is 24.3 Å². The van der Waals surface area contributed by atoms with Gasteiger partial charge in [-0.1, -0.05) is 6.07 Å². The molecule has 5 nitrogen and oxygen atoms in total. The van der Waals surface area contributed by atoms with Crippen molar-refractivity contribution in [3.63, 3.8) is 0 Å². The minimum absolute atomic E-state index is 0.148. The molecule has 0 amide bonds. The Balaban J connectivity index is 2.32. The van der Waals surface area contributed by atoms with Gasteiger partial charge in [-0.15, -0.1) is 0 Å². The summed E-state index contributed by atoms with van der Waals surface area (Å²) < 4.78 is 29.2. The number of aromatic hydroxyl groups is 1. The molecular weight excluding hydrogens is 218 g/mol. The van der Waals surface area contributed by atoms with Gasteiger partial charge in [-0.05, 0) is 18.6 Å². The quantitative estimate of drug-likeness (QED) is 0.521. The number of hydrogen-bond acceptors (Lipinski definition) is 4. The minimum Gasteiger partial charge on any atom is -0.508 e. The summed E-state index contributed by atoms with van der Waals surface area (Å²) in [5.74, 6) is -0.117. The number of anilines is 1. The molecule has 0 fully saturated rings. The van der Waals surface area contributed by atoms with E-state index in [0.29, 0.717) is 18.7 Å². The van der Waals surface area contributed by atoms with Crippen molar-refractivity contribution >= 4 is 15.8 Å². The van der Waals surface area contributed by atoms with E-state index in [1.165, 1.54) is 6.07 Å². The van der Waals surface area contributed by atoms with Gasteiger partial charge in [-0.3, -0.25) is 4.55 Å². The average Bonchev–Trinajstić information content (AvgIpc) is 2.11. The van der Waals surface area contributed by atoms with Crippen LogP contribution >= 0.6 is 0 Å². The lowest BCUT2D eigenvalue weighted by molar-refractivity contribution is 0.475. The predicted molar refractivity (Wildman–Crippen MR) is 57.6 cm³/mol. The number of rotatable bonds is 5. The largest absolute Gasteiger partial charge is 0.508 e. The molecule has 0 heterocycles. The van der Waals surface area contributed by atoms with E-state index in [1.54, 1.807) is 18.2 Å². The van der Waals surface area contributed by atoms with Gasteiger partial charge in [0.1, 0.15) is 5.75 Å². The van der Waals surface area contributed by atoms with E-state index in [4.69, 9.17) is 9.66 Å². The summed E-state index contributed by atoms with van der Waals surface area (Å²) in [4.78, 5) is 0. The van der Waals surface area contributed by atoms with E-state index < -0.39 is 10.1 Å². The summed E-state index contributed by atoms with van der Waals surface area (Å²) in [6.45, 7) is 0.420. The van der Waals surface area contributed by atoms with Gasteiger partial charge in [-0.2, -0.15) is 8.42 Å². The number of phenols is 1. The molecule has 0 atom stereocenters. The van der Waals surface area contributed by atoms with E-state index in [2.05, 4.69) is 5.32 Å². The molecule has 3 N–H and O–H groups in total. The fourth-order valence-corrected chi connectivity index (χ4v) is 1.61. The van der Waals surface area contributed by atoms with Crippen LogP contribution in [0.2, 0.25) is 0 Å². The molecule has 0 aliphatic rings. The van der Waals surface area contributed by atoms with Crippen molar-refractivity contribution in [2.75, 3.05) is 17.6 Å². The van der Waals surface area contributed by atoms with Crippen molar-refractivity contribution in [2.45, 2.75) is 6.42 Å². The number of benzene rings is 1. The van der Waals surface area contributed by atoms with Crippen LogP contribution in [-0.2, 0) is 10.1 Å². The Morgan fingerprint density at radius 1 is 1.33 bits per heavy atom. The number of nitrogens with one attached hydrogen (secondary N) is 1. The molecular formula is C9H13NO4S. The highest BCUT2D eigenvalue weighted by Gasteiger charge is 2.02. The minimum atomic E-state index is -3.88. The molecule has 0 bridgehead atoms. The molecule has 1 aromatic carbocycles. The summed E-state index contributed by atoms with van der Waals surface area (Å²) in [6, 6.07) is 6.52. The van der Waals surface area contributed by atoms with Crippen molar-refractivity contribution in [3.8, 4) is 5.75 Å². The van der Waals surface area contributed by atoms with Crippen LogP contribution in [0.3, 0.4) is 0 Å². The van der Waals surface area contributed by atoms with E-state index in [-0.39, 0.29) is 11.5 Å². The monoisotopic (exact) mass is 231 g/mol. The fourth-order valence-electron chi connectivity index (χ4n) is 1.10. The summed E-state index contributed by atoms with van der Waals surface area (Å²) in [5, 5.41) is 12.0. The normalized spacial score (nSPS) is 11.3. The van der Waals surface area contributed by atoms with Gasteiger partial charge >= 0.3 is 0 Å². The van der Waals surface area contributed by atoms with Crippen molar-refractivity contribution in [3.05, 3.63) is 24.3 Å². The zero-order valence-corrected chi connectivity index (χ0v) is 8.87. The van der Waals surface area contributed by atoms with Gasteiger partial charge in [0.2, 0.25) is 0 Å². The SMILES string of the molecule is O=S(=O)(O)CCCNc1cccc(O)c1. The summed E-state index contributed by atoms with van der Waals surface area (Å²) in [5.41, 5.74) is 0.713. The molecule has 0 saturated heterocycles. The van der Waals surface area contributed by atoms with Crippen LogP contribution in [0.4, 0.5) is 5.69 Å². The molecule has 0 spiro atoms. The van der Waals surface area contributed by atoms with Gasteiger partial charge < -0.3 is 10.4 Å². The molecule has 15 heavy (non-hydrogen) atoms. The van der Waals surface area contributed by atoms with Gasteiger partial charge in [-0.25, -0.2) is 0 Å². The molecule has 0 saturated carbocycles. The van der Waals surface area contributed by atoms with Crippen molar-refractivity contribution in [1.29, 1.82) is 0 Å². The van der Waals surface area contributed by atoms with Crippen LogP contribution in [0.1, 0.15) is 6.42 Å². The summed E-state index contributed by atoms with van der Waals surface area (Å²) in [7, 11) is -3.88. The van der Waals surface area contributed by atoms with E-state index in [9.17, 15) is 8.42 Å². The van der Waals surface area contributed by atoms with Crippen LogP contribution in [0, 0.1) is 0 Å². The Morgan fingerprint density at radius 3 is 2.67 bits per heavy atom. The molecule has 0 aromatic heterocycles. The fraction of sp³-hybridized carbons (Fsp3) is 0.333. The maximum absolute atomic E-state index is 10.4. The Morgan fingerprint density at radius 2 is 2.07 bits per heavy atom. The van der Waals surface area contributed by atoms with Crippen LogP contribution in [0.25, 0.3) is 0 Å². The standard InChI is InChI=1S/C9H13NO4S/c11-9-4-1-3-8(7-9)10-5-2-6-15(12,13)14/h1,3-4,7,10-11H,2,5-6H2,(H,12,13,14). The highest BCUT2D eigenvalue weighted by atomic mass is 32.2. The molecule has 0 aliphatic heterocycles. The third-order valence-electron chi connectivity index (χ3n) is 1.75. The van der Waals surface area contributed by atoms with Crippen LogP contribution < -0.4 is 5.32 Å². The first-order chi connectivity index (χ1) is 6.97. The maximum atomic E-state index is 10.4. The second-order valence-corrected chi connectivity index (χ2v) is 4.69. The first-order valence-corrected chi connectivity index (χ1v) is 6.06. The smallest absolute Gasteiger partial charge is 0.264 e. The third-order valence-corrected chi connectivity index (χ3v) is 2.56. The van der Waals surface area contributed by atoms with Crippen LogP contribution in [-0.4, -0.2) is 30.4 Å². The molecule has 84 valence electrons. The molecule has 6 heteroatoms. The Kier molecular flexibility index (Phi) is 3.93. The average molecular weight is 231 g/mol. The highest BCUT2D eigenvalue weighted by molar-refractivity contribution is 7.85.